The third-order valence-electron chi connectivity index (χ3n) is 8.04. The van der Waals surface area contributed by atoms with E-state index in [1.807, 2.05) is 0 Å². The van der Waals surface area contributed by atoms with Gasteiger partial charge in [0.2, 0.25) is 16.4 Å². The summed E-state index contributed by atoms with van der Waals surface area (Å²) in [7, 11) is -3.83. The number of nitrogens with one attached hydrogen (secondary N) is 1. The summed E-state index contributed by atoms with van der Waals surface area (Å²) in [4.78, 5) is 30.8. The molecule has 0 aliphatic carbocycles. The van der Waals surface area contributed by atoms with E-state index in [0.29, 0.717) is 17.5 Å². The van der Waals surface area contributed by atoms with E-state index < -0.39 is 39.1 Å². The highest BCUT2D eigenvalue weighted by Gasteiger charge is 2.27. The Balaban J connectivity index is 1.52. The molecule has 242 valence electrons. The maximum atomic E-state index is 14.2. The number of amides is 1. The van der Waals surface area contributed by atoms with Crippen LogP contribution < -0.4 is 10.9 Å². The Labute approximate surface area is 268 Å². The van der Waals surface area contributed by atoms with E-state index in [-0.39, 0.29) is 65.6 Å². The molecule has 0 spiro atoms. The Hall–Kier alpha value is -4.85. The molecule has 1 aromatic heterocycles. The number of halogens is 3. The largest absolute Gasteiger partial charge is 0.379 e. The summed E-state index contributed by atoms with van der Waals surface area (Å²) in [6.45, 7) is 2.73. The lowest BCUT2D eigenvalue weighted by Crippen LogP contribution is -2.40. The summed E-state index contributed by atoms with van der Waals surface area (Å²) in [5.74, 6) is -1.98. The van der Waals surface area contributed by atoms with Crippen LogP contribution in [0.25, 0.3) is 27.7 Å². The van der Waals surface area contributed by atoms with E-state index in [0.717, 1.165) is 23.8 Å². The number of carbonyl (C=O) groups is 1. The molecule has 1 fully saturated rings. The fourth-order valence-corrected chi connectivity index (χ4v) is 7.19. The fraction of sp³-hybridized carbons (Fsp3) is 0.206. The molecule has 2 heterocycles. The highest BCUT2D eigenvalue weighted by Crippen LogP contribution is 2.29. The summed E-state index contributed by atoms with van der Waals surface area (Å²) in [5.41, 5.74) is 2.23. The highest BCUT2D eigenvalue weighted by atomic mass is 32.2. The number of aryl methyl sites for hydroxylation is 1. The van der Waals surface area contributed by atoms with E-state index in [2.05, 4.69) is 5.32 Å². The Morgan fingerprint density at radius 3 is 2.28 bits per heavy atom. The zero-order valence-corrected chi connectivity index (χ0v) is 25.9. The van der Waals surface area contributed by atoms with Crippen LogP contribution in [0.4, 0.5) is 13.2 Å². The van der Waals surface area contributed by atoms with Gasteiger partial charge >= 0.3 is 0 Å². The zero-order chi connectivity index (χ0) is 33.3. The first-order valence-corrected chi connectivity index (χ1v) is 16.2. The summed E-state index contributed by atoms with van der Waals surface area (Å²) >= 11 is 0. The van der Waals surface area contributed by atoms with Crippen molar-refractivity contribution in [3.05, 3.63) is 124 Å². The minimum Gasteiger partial charge on any atom is -0.379 e. The van der Waals surface area contributed by atoms with E-state index >= 15 is 0 Å². The predicted molar refractivity (Wildman–Crippen MR) is 169 cm³/mol. The van der Waals surface area contributed by atoms with Gasteiger partial charge in [-0.15, -0.1) is 0 Å². The molecule has 1 aliphatic rings. The topological polar surface area (TPSA) is 111 Å². The number of ether oxygens (including phenoxy) is 1. The normalized spacial score (nSPS) is 14.6. The first kappa shape index (κ1) is 32.1. The van der Waals surface area contributed by atoms with Crippen LogP contribution >= 0.6 is 0 Å². The van der Waals surface area contributed by atoms with E-state index in [1.54, 1.807) is 31.2 Å². The van der Waals surface area contributed by atoms with Crippen LogP contribution in [-0.4, -0.2) is 55.0 Å². The summed E-state index contributed by atoms with van der Waals surface area (Å²) < 4.78 is 76.4. The molecule has 0 radical (unpaired) electrons. The van der Waals surface area contributed by atoms with Crippen molar-refractivity contribution in [1.82, 2.24) is 19.2 Å². The number of benzene rings is 4. The van der Waals surface area contributed by atoms with Crippen LogP contribution in [-0.2, 0) is 26.0 Å². The first-order valence-electron chi connectivity index (χ1n) is 14.7. The van der Waals surface area contributed by atoms with Crippen molar-refractivity contribution in [2.45, 2.75) is 24.3 Å². The monoisotopic (exact) mass is 662 g/mol. The Morgan fingerprint density at radius 1 is 0.915 bits per heavy atom. The number of rotatable bonds is 9. The fourth-order valence-electron chi connectivity index (χ4n) is 5.78. The summed E-state index contributed by atoms with van der Waals surface area (Å²) in [6, 6.07) is 16.9. The zero-order valence-electron chi connectivity index (χ0n) is 25.1. The number of fused-ring (bicyclic) bond motifs is 1. The molecule has 47 heavy (non-hydrogen) atoms. The Bertz CT molecular complexity index is 2130. The number of morpholine rings is 1. The SMILES string of the molecule is Cc1cc(F)ccc1-c1ccc2c(=O)n(-c3ccc(S(=O)(=O)N4CCOCC4)cc3)c(C(Cc3cc(F)cc(F)c3)NC=O)nc2c1. The molecule has 1 atom stereocenters. The number of sulfonamides is 1. The summed E-state index contributed by atoms with van der Waals surface area (Å²) in [5, 5.41) is 2.84. The van der Waals surface area contributed by atoms with Crippen molar-refractivity contribution in [3.8, 4) is 16.8 Å². The number of nitrogens with zero attached hydrogens (tertiary/aromatic N) is 3. The van der Waals surface area contributed by atoms with Gasteiger partial charge in [-0.3, -0.25) is 14.2 Å². The van der Waals surface area contributed by atoms with Gasteiger partial charge in [0, 0.05) is 25.6 Å². The smallest absolute Gasteiger partial charge is 0.266 e. The lowest BCUT2D eigenvalue weighted by molar-refractivity contribution is -0.110. The Kier molecular flexibility index (Phi) is 8.95. The lowest BCUT2D eigenvalue weighted by atomic mass is 9.99. The standard InChI is InChI=1S/C34H29F3N4O5S/c1-21-14-24(35)3-9-29(21)23-2-8-30-31(18-23)39-33(32(38-20-42)17-22-15-25(36)19-26(37)16-22)41(34(30)43)27-4-6-28(7-5-27)47(44,45)40-10-12-46-13-11-40/h2-9,14-16,18-20,32H,10-13,17H2,1H3,(H,38,42). The van der Waals surface area contributed by atoms with Crippen molar-refractivity contribution >= 4 is 27.3 Å². The predicted octanol–water partition coefficient (Wildman–Crippen LogP) is 4.83. The molecule has 1 aliphatic heterocycles. The van der Waals surface area contributed by atoms with Crippen molar-refractivity contribution in [3.63, 3.8) is 0 Å². The van der Waals surface area contributed by atoms with Gasteiger partial charge < -0.3 is 10.1 Å². The van der Waals surface area contributed by atoms with E-state index in [1.165, 1.54) is 45.3 Å². The lowest BCUT2D eigenvalue weighted by Gasteiger charge is -2.26. The van der Waals surface area contributed by atoms with Crippen LogP contribution in [0.3, 0.4) is 0 Å². The first-order chi connectivity index (χ1) is 22.5. The number of hydrogen-bond donors (Lipinski definition) is 1. The molecular weight excluding hydrogens is 633 g/mol. The second-order valence-corrected chi connectivity index (χ2v) is 13.1. The second kappa shape index (κ2) is 13.1. The molecule has 0 bridgehead atoms. The Morgan fingerprint density at radius 2 is 1.62 bits per heavy atom. The van der Waals surface area contributed by atoms with Crippen LogP contribution in [0.1, 0.15) is 23.0 Å². The van der Waals surface area contributed by atoms with Gasteiger partial charge in [0.05, 0.1) is 40.7 Å². The van der Waals surface area contributed by atoms with Crippen molar-refractivity contribution < 1.29 is 31.1 Å². The molecule has 6 rings (SSSR count). The average Bonchev–Trinajstić information content (AvgIpc) is 3.04. The molecule has 9 nitrogen and oxygen atoms in total. The maximum absolute atomic E-state index is 14.2. The molecule has 1 amide bonds. The minimum atomic E-state index is -3.83. The molecule has 1 unspecified atom stereocenters. The van der Waals surface area contributed by atoms with Crippen molar-refractivity contribution in [1.29, 1.82) is 0 Å². The van der Waals surface area contributed by atoms with Gasteiger partial charge in [-0.05, 0) is 89.8 Å². The summed E-state index contributed by atoms with van der Waals surface area (Å²) in [6.07, 6.45) is 0.267. The van der Waals surface area contributed by atoms with Crippen LogP contribution in [0.2, 0.25) is 0 Å². The van der Waals surface area contributed by atoms with Gasteiger partial charge in [0.25, 0.3) is 5.56 Å². The molecular formula is C34H29F3N4O5S. The van der Waals surface area contributed by atoms with Crippen LogP contribution in [0, 0.1) is 24.4 Å². The second-order valence-electron chi connectivity index (χ2n) is 11.1. The van der Waals surface area contributed by atoms with E-state index in [9.17, 15) is 31.2 Å². The van der Waals surface area contributed by atoms with Crippen LogP contribution in [0.15, 0.2) is 88.6 Å². The molecule has 5 aromatic rings. The number of hydrogen-bond acceptors (Lipinski definition) is 6. The molecule has 0 saturated carbocycles. The quantitative estimate of drug-likeness (QED) is 0.227. The third-order valence-corrected chi connectivity index (χ3v) is 9.95. The van der Waals surface area contributed by atoms with Gasteiger partial charge in [0.1, 0.15) is 23.3 Å². The number of carbonyl (C=O) groups excluding carboxylic acids is 1. The van der Waals surface area contributed by atoms with E-state index in [4.69, 9.17) is 9.72 Å². The number of aromatic nitrogens is 2. The molecule has 13 heteroatoms. The van der Waals surface area contributed by atoms with Gasteiger partial charge in [-0.25, -0.2) is 26.6 Å². The van der Waals surface area contributed by atoms with Gasteiger partial charge in [-0.1, -0.05) is 12.1 Å². The average molecular weight is 663 g/mol. The molecule has 4 aromatic carbocycles. The highest BCUT2D eigenvalue weighted by molar-refractivity contribution is 7.89. The van der Waals surface area contributed by atoms with Gasteiger partial charge in [-0.2, -0.15) is 4.31 Å². The van der Waals surface area contributed by atoms with Crippen LogP contribution in [0.5, 0.6) is 0 Å². The van der Waals surface area contributed by atoms with Crippen molar-refractivity contribution in [2.24, 2.45) is 0 Å². The third kappa shape index (κ3) is 6.55. The molecule has 1 saturated heterocycles. The maximum Gasteiger partial charge on any atom is 0.266 e. The molecule has 1 N–H and O–H groups in total. The minimum absolute atomic E-state index is 0.0172. The van der Waals surface area contributed by atoms with Crippen molar-refractivity contribution in [2.75, 3.05) is 26.3 Å². The van der Waals surface area contributed by atoms with Gasteiger partial charge in [0.15, 0.2) is 0 Å².